The predicted octanol–water partition coefficient (Wildman–Crippen LogP) is 1.83. The van der Waals surface area contributed by atoms with Crippen LogP contribution in [0.15, 0.2) is 23.1 Å². The molecule has 1 aromatic rings. The molecule has 0 radical (unpaired) electrons. The molecule has 4 nitrogen and oxygen atoms in total. The monoisotopic (exact) mass is 201 g/mol. The quantitative estimate of drug-likeness (QED) is 0.457. The first kappa shape index (κ1) is 10.3. The predicted molar refractivity (Wildman–Crippen MR) is 49.9 cm³/mol. The second-order valence-electron chi connectivity index (χ2n) is 2.38. The zero-order valence-corrected chi connectivity index (χ0v) is 8.26. The molecule has 0 aliphatic rings. The average molecular weight is 201 g/mol. The molecule has 0 amide bonds. The molecule has 0 spiro atoms. The van der Waals surface area contributed by atoms with Gasteiger partial charge in [-0.05, 0) is 24.6 Å². The maximum absolute atomic E-state index is 5.05. The van der Waals surface area contributed by atoms with Crippen molar-refractivity contribution >= 4 is 12.0 Å². The van der Waals surface area contributed by atoms with Gasteiger partial charge in [0, 0.05) is 4.90 Å². The summed E-state index contributed by atoms with van der Waals surface area (Å²) in [7, 11) is 1.61. The molecule has 2 N–H and O–H groups in total. The highest BCUT2D eigenvalue weighted by Gasteiger charge is 2.02. The molecule has 0 bridgehead atoms. The third-order valence-electron chi connectivity index (χ3n) is 1.56. The van der Waals surface area contributed by atoms with Crippen molar-refractivity contribution in [1.82, 2.24) is 0 Å². The fourth-order valence-corrected chi connectivity index (χ4v) is 1.33. The van der Waals surface area contributed by atoms with Crippen LogP contribution in [0.3, 0.4) is 0 Å². The molecular weight excluding hydrogens is 190 g/mol. The zero-order chi connectivity index (χ0) is 9.68. The number of benzene rings is 1. The maximum Gasteiger partial charge on any atom is 0.120 e. The molecule has 0 aliphatic carbocycles. The lowest BCUT2D eigenvalue weighted by Crippen LogP contribution is -1.94. The molecule has 0 unspecified atom stereocenters. The minimum atomic E-state index is 0.772. The molecular formula is C8H11NO3S. The molecule has 13 heavy (non-hydrogen) atoms. The fraction of sp³-hybridized carbons (Fsp3) is 0.250. The molecule has 1 rings (SSSR count). The van der Waals surface area contributed by atoms with Crippen molar-refractivity contribution in [2.24, 2.45) is 5.90 Å². The average Bonchev–Trinajstić information content (AvgIpc) is 2.17. The van der Waals surface area contributed by atoms with E-state index in [1.54, 1.807) is 7.11 Å². The maximum atomic E-state index is 5.05. The molecule has 0 aliphatic heterocycles. The first-order chi connectivity index (χ1) is 6.27. The zero-order valence-electron chi connectivity index (χ0n) is 7.44. The topological polar surface area (TPSA) is 53.7 Å². The van der Waals surface area contributed by atoms with E-state index in [2.05, 4.69) is 9.32 Å². The van der Waals surface area contributed by atoms with E-state index in [1.807, 2.05) is 25.1 Å². The molecule has 5 heteroatoms. The van der Waals surface area contributed by atoms with Crippen molar-refractivity contribution in [2.45, 2.75) is 11.8 Å². The van der Waals surface area contributed by atoms with Gasteiger partial charge in [0.05, 0.1) is 19.2 Å². The SMILES string of the molecule is COc1ccc(C)c(SOON)c1. The Hall–Kier alpha value is -0.750. The number of hydrogen-bond acceptors (Lipinski definition) is 5. The van der Waals surface area contributed by atoms with Crippen molar-refractivity contribution in [2.75, 3.05) is 7.11 Å². The van der Waals surface area contributed by atoms with Gasteiger partial charge >= 0.3 is 0 Å². The highest BCUT2D eigenvalue weighted by atomic mass is 32.2. The summed E-state index contributed by atoms with van der Waals surface area (Å²) in [5, 5.41) is 0. The van der Waals surface area contributed by atoms with Gasteiger partial charge in [0.1, 0.15) is 5.75 Å². The molecule has 0 saturated heterocycles. The van der Waals surface area contributed by atoms with E-state index >= 15 is 0 Å². The van der Waals surface area contributed by atoms with Gasteiger partial charge in [-0.2, -0.15) is 5.90 Å². The van der Waals surface area contributed by atoms with Crippen LogP contribution in [0.5, 0.6) is 5.75 Å². The van der Waals surface area contributed by atoms with E-state index in [-0.39, 0.29) is 0 Å². The van der Waals surface area contributed by atoms with Crippen LogP contribution in [0.25, 0.3) is 0 Å². The van der Waals surface area contributed by atoms with E-state index in [1.165, 1.54) is 0 Å². The Morgan fingerprint density at radius 3 is 2.77 bits per heavy atom. The highest BCUT2D eigenvalue weighted by molar-refractivity contribution is 7.94. The lowest BCUT2D eigenvalue weighted by Gasteiger charge is -2.05. The van der Waals surface area contributed by atoms with Crippen LogP contribution >= 0.6 is 12.0 Å². The number of hydrogen-bond donors (Lipinski definition) is 1. The number of methoxy groups -OCH3 is 1. The summed E-state index contributed by atoms with van der Waals surface area (Å²) in [6, 6.07) is 5.66. The van der Waals surface area contributed by atoms with E-state index < -0.39 is 0 Å². The van der Waals surface area contributed by atoms with Gasteiger partial charge < -0.3 is 4.74 Å². The molecule has 1 aromatic carbocycles. The summed E-state index contributed by atoms with van der Waals surface area (Å²) in [6.45, 7) is 1.96. The summed E-state index contributed by atoms with van der Waals surface area (Å²) in [4.78, 5) is 4.90. The Morgan fingerprint density at radius 1 is 1.38 bits per heavy atom. The Morgan fingerprint density at radius 2 is 2.15 bits per heavy atom. The normalized spacial score (nSPS) is 10.1. The van der Waals surface area contributed by atoms with Crippen molar-refractivity contribution in [1.29, 1.82) is 0 Å². The summed E-state index contributed by atoms with van der Waals surface area (Å²) >= 11 is 1.05. The minimum Gasteiger partial charge on any atom is -0.497 e. The van der Waals surface area contributed by atoms with E-state index in [9.17, 15) is 0 Å². The van der Waals surface area contributed by atoms with Gasteiger partial charge in [-0.1, -0.05) is 6.07 Å². The third-order valence-corrected chi connectivity index (χ3v) is 2.32. The van der Waals surface area contributed by atoms with Gasteiger partial charge in [-0.15, -0.1) is 9.32 Å². The van der Waals surface area contributed by atoms with Crippen LogP contribution in [-0.2, 0) is 9.32 Å². The van der Waals surface area contributed by atoms with Gasteiger partial charge in [0.2, 0.25) is 0 Å². The number of nitrogens with two attached hydrogens (primary N) is 1. The van der Waals surface area contributed by atoms with E-state index in [0.717, 1.165) is 28.3 Å². The second-order valence-corrected chi connectivity index (χ2v) is 3.12. The number of rotatable bonds is 4. The van der Waals surface area contributed by atoms with Crippen molar-refractivity contribution < 1.29 is 14.1 Å². The van der Waals surface area contributed by atoms with Crippen molar-refractivity contribution in [3.8, 4) is 5.75 Å². The summed E-state index contributed by atoms with van der Waals surface area (Å²) in [6.07, 6.45) is 0. The Bertz CT molecular complexity index is 280. The largest absolute Gasteiger partial charge is 0.497 e. The molecule has 0 aromatic heterocycles. The summed E-state index contributed by atoms with van der Waals surface area (Å²) in [5.74, 6) is 5.49. The Balaban J connectivity index is 2.78. The van der Waals surface area contributed by atoms with Crippen LogP contribution in [0.1, 0.15) is 5.56 Å². The fourth-order valence-electron chi connectivity index (χ4n) is 0.853. The molecule has 0 heterocycles. The molecule has 72 valence electrons. The van der Waals surface area contributed by atoms with Crippen molar-refractivity contribution in [3.63, 3.8) is 0 Å². The van der Waals surface area contributed by atoms with E-state index in [0.29, 0.717) is 0 Å². The first-order valence-corrected chi connectivity index (χ1v) is 4.37. The van der Waals surface area contributed by atoms with Crippen LogP contribution in [0.4, 0.5) is 0 Å². The third kappa shape index (κ3) is 2.89. The molecule has 0 atom stereocenters. The second kappa shape index (κ2) is 5.08. The van der Waals surface area contributed by atoms with Crippen LogP contribution < -0.4 is 10.6 Å². The first-order valence-electron chi connectivity index (χ1n) is 3.62. The van der Waals surface area contributed by atoms with E-state index in [4.69, 9.17) is 10.6 Å². The van der Waals surface area contributed by atoms with Gasteiger partial charge in [0.25, 0.3) is 0 Å². The Labute approximate surface area is 81.1 Å². The van der Waals surface area contributed by atoms with Gasteiger partial charge in [-0.25, -0.2) is 0 Å². The number of aryl methyl sites for hydroxylation is 1. The van der Waals surface area contributed by atoms with Crippen molar-refractivity contribution in [3.05, 3.63) is 23.8 Å². The van der Waals surface area contributed by atoms with Crippen LogP contribution in [0.2, 0.25) is 0 Å². The Kier molecular flexibility index (Phi) is 4.04. The molecule has 0 saturated carbocycles. The minimum absolute atomic E-state index is 0.772. The van der Waals surface area contributed by atoms with Crippen LogP contribution in [-0.4, -0.2) is 7.11 Å². The lowest BCUT2D eigenvalue weighted by atomic mass is 10.2. The molecule has 0 fully saturated rings. The smallest absolute Gasteiger partial charge is 0.120 e. The number of ether oxygens (including phenoxy) is 1. The lowest BCUT2D eigenvalue weighted by molar-refractivity contribution is -0.195. The summed E-state index contributed by atoms with van der Waals surface area (Å²) < 4.78 is 9.59. The van der Waals surface area contributed by atoms with Crippen LogP contribution in [0, 0.1) is 6.92 Å². The van der Waals surface area contributed by atoms with Gasteiger partial charge in [-0.3, -0.25) is 0 Å². The van der Waals surface area contributed by atoms with Gasteiger partial charge in [0.15, 0.2) is 0 Å². The summed E-state index contributed by atoms with van der Waals surface area (Å²) in [5.41, 5.74) is 1.07. The standard InChI is InChI=1S/C8H11NO3S/c1-6-3-4-7(10-2)5-8(6)13-12-11-9/h3-5H,9H2,1-2H3. The highest BCUT2D eigenvalue weighted by Crippen LogP contribution is 2.27.